The van der Waals surface area contributed by atoms with Gasteiger partial charge in [-0.25, -0.2) is 9.37 Å². The summed E-state index contributed by atoms with van der Waals surface area (Å²) in [5, 5.41) is 12.1. The van der Waals surface area contributed by atoms with Gasteiger partial charge in [-0.3, -0.25) is 0 Å². The van der Waals surface area contributed by atoms with Crippen LogP contribution in [-0.2, 0) is 19.0 Å². The van der Waals surface area contributed by atoms with Gasteiger partial charge in [0.2, 0.25) is 0 Å². The zero-order valence-electron chi connectivity index (χ0n) is 26.7. The second-order valence-electron chi connectivity index (χ2n) is 12.5. The van der Waals surface area contributed by atoms with Gasteiger partial charge in [0.15, 0.2) is 6.61 Å². The standard InChI is InChI=1S/C31H43F4N4O5P/c1-7-9-11-41-45(42-12-10-8-2)44-30(18-32)16-21(17-30)36-28-39-38-27(43-28)25-13-20(3)23-14-22(40-19-31(33,34)35)15-24(26(23)37-25)29(4,5)6/h13-15,21H,7-12,16-19H2,1-6H3,(H,36,39). The summed E-state index contributed by atoms with van der Waals surface area (Å²) in [4.78, 5) is 4.78. The van der Waals surface area contributed by atoms with Gasteiger partial charge in [0.25, 0.3) is 5.89 Å². The number of ether oxygens (including phenoxy) is 1. The Hall–Kier alpha value is -2.60. The highest BCUT2D eigenvalue weighted by molar-refractivity contribution is 7.41. The number of alkyl halides is 4. The van der Waals surface area contributed by atoms with Gasteiger partial charge in [0.1, 0.15) is 23.7 Å². The van der Waals surface area contributed by atoms with Crippen LogP contribution < -0.4 is 10.1 Å². The molecule has 2 aromatic heterocycles. The van der Waals surface area contributed by atoms with Crippen molar-refractivity contribution in [3.8, 4) is 17.3 Å². The zero-order valence-corrected chi connectivity index (χ0v) is 27.6. The number of aryl methyl sites for hydroxylation is 1. The van der Waals surface area contributed by atoms with Gasteiger partial charge in [-0.05, 0) is 67.3 Å². The third kappa shape index (κ3) is 9.47. The molecule has 1 aliphatic carbocycles. The highest BCUT2D eigenvalue weighted by Gasteiger charge is 2.49. The lowest BCUT2D eigenvalue weighted by Crippen LogP contribution is -2.53. The van der Waals surface area contributed by atoms with Crippen molar-refractivity contribution in [2.24, 2.45) is 0 Å². The molecule has 45 heavy (non-hydrogen) atoms. The molecule has 0 radical (unpaired) electrons. The lowest BCUT2D eigenvalue weighted by atomic mass is 9.77. The molecule has 0 unspecified atom stereocenters. The lowest BCUT2D eigenvalue weighted by molar-refractivity contribution is -0.153. The topological polar surface area (TPSA) is 101 Å². The second-order valence-corrected chi connectivity index (χ2v) is 13.7. The minimum atomic E-state index is -4.45. The van der Waals surface area contributed by atoms with Crippen LogP contribution in [0.3, 0.4) is 0 Å². The highest BCUT2D eigenvalue weighted by atomic mass is 31.2. The van der Waals surface area contributed by atoms with Crippen LogP contribution in [0.4, 0.5) is 23.6 Å². The predicted octanol–water partition coefficient (Wildman–Crippen LogP) is 8.99. The van der Waals surface area contributed by atoms with Crippen LogP contribution in [0.5, 0.6) is 5.75 Å². The largest absolute Gasteiger partial charge is 0.484 e. The summed E-state index contributed by atoms with van der Waals surface area (Å²) in [6.07, 6.45) is -0.0369. The number of halogens is 4. The molecule has 9 nitrogen and oxygen atoms in total. The predicted molar refractivity (Wildman–Crippen MR) is 165 cm³/mol. The summed E-state index contributed by atoms with van der Waals surface area (Å²) in [6, 6.07) is 4.90. The molecular formula is C31H43F4N4O5P. The SMILES string of the molecule is CCCCOP(OCCCC)OC1(CF)CC(Nc2nnc(-c3cc(C)c4cc(OCC(F)(F)F)cc(C(C)(C)C)c4n3)o2)C1. The molecule has 1 fully saturated rings. The van der Waals surface area contributed by atoms with E-state index < -0.39 is 39.1 Å². The fraction of sp³-hybridized carbons (Fsp3) is 0.645. The van der Waals surface area contributed by atoms with Crippen molar-refractivity contribution in [1.29, 1.82) is 0 Å². The molecule has 0 spiro atoms. The van der Waals surface area contributed by atoms with E-state index in [9.17, 15) is 17.6 Å². The lowest BCUT2D eigenvalue weighted by Gasteiger charge is -2.45. The quantitative estimate of drug-likeness (QED) is 0.0918. The molecule has 1 aromatic carbocycles. The maximum absolute atomic E-state index is 14.2. The van der Waals surface area contributed by atoms with Crippen molar-refractivity contribution in [1.82, 2.24) is 15.2 Å². The molecule has 0 amide bonds. The van der Waals surface area contributed by atoms with Crippen molar-refractivity contribution >= 4 is 25.5 Å². The van der Waals surface area contributed by atoms with Gasteiger partial charge >= 0.3 is 20.8 Å². The van der Waals surface area contributed by atoms with E-state index >= 15 is 0 Å². The fourth-order valence-corrected chi connectivity index (χ4v) is 6.17. The number of benzene rings is 1. The first-order valence-corrected chi connectivity index (χ1v) is 16.4. The number of nitrogens with one attached hydrogen (secondary N) is 1. The van der Waals surface area contributed by atoms with E-state index in [0.717, 1.165) is 31.2 Å². The van der Waals surface area contributed by atoms with Gasteiger partial charge in [0, 0.05) is 11.4 Å². The number of unbranched alkanes of at least 4 members (excludes halogenated alkanes) is 2. The molecule has 0 bridgehead atoms. The first-order chi connectivity index (χ1) is 21.3. The Balaban J connectivity index is 1.47. The van der Waals surface area contributed by atoms with Crippen LogP contribution in [0.2, 0.25) is 0 Å². The zero-order chi connectivity index (χ0) is 32.8. The number of pyridine rings is 1. The third-order valence-corrected chi connectivity index (χ3v) is 8.74. The average Bonchev–Trinajstić information content (AvgIpc) is 3.42. The molecule has 0 atom stereocenters. The normalized spacial score (nSPS) is 18.9. The van der Waals surface area contributed by atoms with Gasteiger partial charge in [-0.1, -0.05) is 52.6 Å². The van der Waals surface area contributed by atoms with Crippen LogP contribution >= 0.6 is 8.60 Å². The first kappa shape index (κ1) is 35.3. The second kappa shape index (κ2) is 14.9. The van der Waals surface area contributed by atoms with Crippen LogP contribution in [0.15, 0.2) is 22.6 Å². The van der Waals surface area contributed by atoms with Crippen LogP contribution in [-0.4, -0.2) is 59.5 Å². The van der Waals surface area contributed by atoms with Crippen LogP contribution in [0.1, 0.15) is 84.3 Å². The van der Waals surface area contributed by atoms with E-state index in [-0.39, 0.29) is 23.7 Å². The van der Waals surface area contributed by atoms with Crippen LogP contribution in [0, 0.1) is 6.92 Å². The maximum Gasteiger partial charge on any atom is 0.422 e. The van der Waals surface area contributed by atoms with Gasteiger partial charge in [0.05, 0.1) is 18.7 Å². The monoisotopic (exact) mass is 658 g/mol. The van der Waals surface area contributed by atoms with Crippen molar-refractivity contribution < 1.29 is 40.3 Å². The molecule has 4 rings (SSSR count). The Morgan fingerprint density at radius 2 is 1.69 bits per heavy atom. The van der Waals surface area contributed by atoms with E-state index in [4.69, 9.17) is 27.7 Å². The Kier molecular flexibility index (Phi) is 11.7. The molecule has 0 aliphatic heterocycles. The van der Waals surface area contributed by atoms with Crippen molar-refractivity contribution in [3.05, 3.63) is 29.3 Å². The average molecular weight is 659 g/mol. The number of anilines is 1. The summed E-state index contributed by atoms with van der Waals surface area (Å²) in [7, 11) is -1.66. The van der Waals surface area contributed by atoms with E-state index in [1.807, 2.05) is 27.7 Å². The minimum Gasteiger partial charge on any atom is -0.484 e. The maximum atomic E-state index is 14.2. The van der Waals surface area contributed by atoms with Crippen molar-refractivity contribution in [2.45, 2.75) is 103 Å². The third-order valence-electron chi connectivity index (χ3n) is 7.41. The highest BCUT2D eigenvalue weighted by Crippen LogP contribution is 2.51. The Morgan fingerprint density at radius 1 is 1.02 bits per heavy atom. The summed E-state index contributed by atoms with van der Waals surface area (Å²) in [6.45, 7) is 10.7. The smallest absolute Gasteiger partial charge is 0.422 e. The Bertz CT molecular complexity index is 1400. The molecule has 1 saturated carbocycles. The van der Waals surface area contributed by atoms with Gasteiger partial charge < -0.3 is 28.0 Å². The Labute approximate surface area is 262 Å². The summed E-state index contributed by atoms with van der Waals surface area (Å²) >= 11 is 0. The fourth-order valence-electron chi connectivity index (χ4n) is 4.92. The van der Waals surface area contributed by atoms with Crippen molar-refractivity contribution in [2.75, 3.05) is 31.8 Å². The molecule has 3 aromatic rings. The van der Waals surface area contributed by atoms with E-state index in [1.165, 1.54) is 0 Å². The first-order valence-electron chi connectivity index (χ1n) is 15.3. The summed E-state index contributed by atoms with van der Waals surface area (Å²) < 4.78 is 81.3. The molecule has 2 heterocycles. The number of aromatic nitrogens is 3. The number of fused-ring (bicyclic) bond motifs is 1. The van der Waals surface area contributed by atoms with E-state index in [1.54, 1.807) is 18.2 Å². The molecule has 250 valence electrons. The van der Waals surface area contributed by atoms with Crippen LogP contribution in [0.25, 0.3) is 22.5 Å². The van der Waals surface area contributed by atoms with E-state index in [0.29, 0.717) is 48.2 Å². The van der Waals surface area contributed by atoms with Gasteiger partial charge in [-0.2, -0.15) is 13.2 Å². The summed E-state index contributed by atoms with van der Waals surface area (Å²) in [5.74, 6) is 0.289. The number of rotatable bonds is 16. The Morgan fingerprint density at radius 3 is 2.27 bits per heavy atom. The number of nitrogens with zero attached hydrogens (tertiary/aromatic N) is 3. The summed E-state index contributed by atoms with van der Waals surface area (Å²) in [5.41, 5.74) is 1.04. The number of hydrogen-bond acceptors (Lipinski definition) is 9. The minimum absolute atomic E-state index is 0.119. The van der Waals surface area contributed by atoms with Gasteiger partial charge in [-0.15, -0.1) is 5.10 Å². The molecular weight excluding hydrogens is 615 g/mol. The molecule has 14 heteroatoms. The molecule has 0 saturated heterocycles. The van der Waals surface area contributed by atoms with E-state index in [2.05, 4.69) is 29.4 Å². The molecule has 1 N–H and O–H groups in total. The molecule has 1 aliphatic rings. The van der Waals surface area contributed by atoms with Crippen molar-refractivity contribution in [3.63, 3.8) is 0 Å². The number of hydrogen-bond donors (Lipinski definition) is 1.